The molecule has 122 valence electrons. The number of amides is 1. The lowest BCUT2D eigenvalue weighted by Gasteiger charge is -2.11. The van der Waals surface area contributed by atoms with Crippen molar-refractivity contribution in [1.82, 2.24) is 0 Å². The molecule has 4 nitrogen and oxygen atoms in total. The molecule has 0 aliphatic carbocycles. The molecule has 0 saturated carbocycles. The molecular weight excluding hydrogens is 312 g/mol. The Balaban J connectivity index is 1.75. The lowest BCUT2D eigenvalue weighted by Crippen LogP contribution is -2.16. The lowest BCUT2D eigenvalue weighted by molar-refractivity contribution is -0.115. The van der Waals surface area contributed by atoms with E-state index in [4.69, 9.17) is 16.3 Å². The zero-order chi connectivity index (χ0) is 16.7. The van der Waals surface area contributed by atoms with Gasteiger partial charge >= 0.3 is 0 Å². The van der Waals surface area contributed by atoms with Gasteiger partial charge in [0, 0.05) is 29.4 Å². The van der Waals surface area contributed by atoms with E-state index < -0.39 is 0 Å². The minimum absolute atomic E-state index is 0.0560. The Morgan fingerprint density at radius 2 is 1.87 bits per heavy atom. The Bertz CT molecular complexity index is 642. The molecule has 1 amide bonds. The van der Waals surface area contributed by atoms with Gasteiger partial charge in [-0.15, -0.1) is 0 Å². The van der Waals surface area contributed by atoms with E-state index in [-0.39, 0.29) is 12.0 Å². The minimum Gasteiger partial charge on any atom is -0.491 e. The maximum atomic E-state index is 11.9. The second-order valence-corrected chi connectivity index (χ2v) is 5.86. The molecule has 0 aliphatic heterocycles. The van der Waals surface area contributed by atoms with Crippen LogP contribution in [0.4, 0.5) is 11.4 Å². The number of nitrogens with one attached hydrogen (secondary N) is 2. The number of halogens is 1. The second-order valence-electron chi connectivity index (χ2n) is 5.43. The molecule has 5 heteroatoms. The van der Waals surface area contributed by atoms with Crippen molar-refractivity contribution in [3.8, 4) is 5.75 Å². The summed E-state index contributed by atoms with van der Waals surface area (Å²) in [6.45, 7) is 4.53. The molecular formula is C18H21ClN2O2. The highest BCUT2D eigenvalue weighted by Crippen LogP contribution is 2.17. The van der Waals surface area contributed by atoms with E-state index in [1.54, 1.807) is 18.2 Å². The summed E-state index contributed by atoms with van der Waals surface area (Å²) in [5, 5.41) is 6.63. The Labute approximate surface area is 141 Å². The molecule has 0 atom stereocenters. The average molecular weight is 333 g/mol. The molecule has 0 radical (unpaired) electrons. The molecule has 0 aromatic heterocycles. The standard InChI is InChI=1S/C18H21ClN2O2/c1-13(2)23-17-8-6-15(7-9-17)20-11-10-18(22)21-16-5-3-4-14(19)12-16/h3-9,12-13,20H,10-11H2,1-2H3,(H,21,22). The van der Waals surface area contributed by atoms with Crippen LogP contribution in [0.3, 0.4) is 0 Å². The van der Waals surface area contributed by atoms with Crippen LogP contribution in [0.1, 0.15) is 20.3 Å². The van der Waals surface area contributed by atoms with Crippen LogP contribution in [-0.2, 0) is 4.79 Å². The fourth-order valence-electron chi connectivity index (χ4n) is 2.03. The number of carbonyl (C=O) groups is 1. The van der Waals surface area contributed by atoms with E-state index in [2.05, 4.69) is 10.6 Å². The van der Waals surface area contributed by atoms with Crippen molar-refractivity contribution in [3.05, 3.63) is 53.6 Å². The topological polar surface area (TPSA) is 50.4 Å². The van der Waals surface area contributed by atoms with E-state index in [0.717, 1.165) is 11.4 Å². The maximum absolute atomic E-state index is 11.9. The highest BCUT2D eigenvalue weighted by atomic mass is 35.5. The third-order valence-electron chi connectivity index (χ3n) is 3.02. The highest BCUT2D eigenvalue weighted by molar-refractivity contribution is 6.30. The van der Waals surface area contributed by atoms with Gasteiger partial charge in [0.25, 0.3) is 0 Å². The van der Waals surface area contributed by atoms with Crippen molar-refractivity contribution in [3.63, 3.8) is 0 Å². The van der Waals surface area contributed by atoms with Gasteiger partial charge in [-0.05, 0) is 56.3 Å². The second kappa shape index (κ2) is 8.44. The Morgan fingerprint density at radius 3 is 2.52 bits per heavy atom. The first-order valence-electron chi connectivity index (χ1n) is 7.59. The Kier molecular flexibility index (Phi) is 6.29. The van der Waals surface area contributed by atoms with Crippen molar-refractivity contribution in [2.24, 2.45) is 0 Å². The summed E-state index contributed by atoms with van der Waals surface area (Å²) in [4.78, 5) is 11.9. The maximum Gasteiger partial charge on any atom is 0.226 e. The molecule has 0 fully saturated rings. The number of anilines is 2. The lowest BCUT2D eigenvalue weighted by atomic mass is 10.2. The zero-order valence-electron chi connectivity index (χ0n) is 13.3. The summed E-state index contributed by atoms with van der Waals surface area (Å²) in [5.41, 5.74) is 1.66. The van der Waals surface area contributed by atoms with Gasteiger partial charge < -0.3 is 15.4 Å². The largest absolute Gasteiger partial charge is 0.491 e. The molecule has 2 N–H and O–H groups in total. The number of hydrogen-bond donors (Lipinski definition) is 2. The molecule has 2 rings (SSSR count). The van der Waals surface area contributed by atoms with Crippen LogP contribution in [0.2, 0.25) is 5.02 Å². The number of hydrogen-bond acceptors (Lipinski definition) is 3. The fraction of sp³-hybridized carbons (Fsp3) is 0.278. The van der Waals surface area contributed by atoms with Crippen LogP contribution in [0.15, 0.2) is 48.5 Å². The third-order valence-corrected chi connectivity index (χ3v) is 3.25. The first-order valence-corrected chi connectivity index (χ1v) is 7.97. The van der Waals surface area contributed by atoms with Crippen LogP contribution in [0.25, 0.3) is 0 Å². The summed E-state index contributed by atoms with van der Waals surface area (Å²) in [6.07, 6.45) is 0.528. The van der Waals surface area contributed by atoms with Crippen LogP contribution in [0.5, 0.6) is 5.75 Å². The minimum atomic E-state index is -0.0560. The van der Waals surface area contributed by atoms with Gasteiger partial charge in [0.05, 0.1) is 6.10 Å². The molecule has 23 heavy (non-hydrogen) atoms. The first-order chi connectivity index (χ1) is 11.0. The van der Waals surface area contributed by atoms with Crippen LogP contribution < -0.4 is 15.4 Å². The van der Waals surface area contributed by atoms with Crippen molar-refractivity contribution >= 4 is 28.9 Å². The summed E-state index contributed by atoms with van der Waals surface area (Å²) in [7, 11) is 0. The predicted octanol–water partition coefficient (Wildman–Crippen LogP) is 4.57. The Hall–Kier alpha value is -2.20. The molecule has 0 saturated heterocycles. The van der Waals surface area contributed by atoms with Gasteiger partial charge in [-0.25, -0.2) is 0 Å². The number of rotatable bonds is 7. The van der Waals surface area contributed by atoms with Gasteiger partial charge in [-0.2, -0.15) is 0 Å². The Morgan fingerprint density at radius 1 is 1.13 bits per heavy atom. The number of ether oxygens (including phenoxy) is 1. The summed E-state index contributed by atoms with van der Waals surface area (Å²) >= 11 is 5.88. The van der Waals surface area contributed by atoms with Gasteiger partial charge in [-0.1, -0.05) is 17.7 Å². The van der Waals surface area contributed by atoms with Crippen molar-refractivity contribution < 1.29 is 9.53 Å². The van der Waals surface area contributed by atoms with E-state index >= 15 is 0 Å². The smallest absolute Gasteiger partial charge is 0.226 e. The van der Waals surface area contributed by atoms with Crippen LogP contribution in [0, 0.1) is 0 Å². The molecule has 2 aromatic carbocycles. The molecule has 0 heterocycles. The summed E-state index contributed by atoms with van der Waals surface area (Å²) < 4.78 is 5.59. The summed E-state index contributed by atoms with van der Waals surface area (Å²) in [6, 6.07) is 14.8. The van der Waals surface area contributed by atoms with Crippen LogP contribution >= 0.6 is 11.6 Å². The highest BCUT2D eigenvalue weighted by Gasteiger charge is 2.03. The predicted molar refractivity (Wildman–Crippen MR) is 95.4 cm³/mol. The van der Waals surface area contributed by atoms with Crippen LogP contribution in [-0.4, -0.2) is 18.6 Å². The van der Waals surface area contributed by atoms with E-state index in [1.165, 1.54) is 0 Å². The van der Waals surface area contributed by atoms with Gasteiger partial charge in [0.15, 0.2) is 0 Å². The first kappa shape index (κ1) is 17.2. The van der Waals surface area contributed by atoms with Gasteiger partial charge in [0.1, 0.15) is 5.75 Å². The summed E-state index contributed by atoms with van der Waals surface area (Å²) in [5.74, 6) is 0.781. The SMILES string of the molecule is CC(C)Oc1ccc(NCCC(=O)Nc2cccc(Cl)c2)cc1. The molecule has 2 aromatic rings. The van der Waals surface area contributed by atoms with E-state index in [0.29, 0.717) is 23.7 Å². The molecule has 0 unspecified atom stereocenters. The number of benzene rings is 2. The number of carbonyl (C=O) groups excluding carboxylic acids is 1. The quantitative estimate of drug-likeness (QED) is 0.781. The normalized spacial score (nSPS) is 10.4. The molecule has 0 spiro atoms. The monoisotopic (exact) mass is 332 g/mol. The third kappa shape index (κ3) is 6.20. The van der Waals surface area contributed by atoms with Crippen molar-refractivity contribution in [2.45, 2.75) is 26.4 Å². The van der Waals surface area contributed by atoms with Gasteiger partial charge in [0.2, 0.25) is 5.91 Å². The average Bonchev–Trinajstić information content (AvgIpc) is 2.48. The van der Waals surface area contributed by atoms with Gasteiger partial charge in [-0.3, -0.25) is 4.79 Å². The zero-order valence-corrected chi connectivity index (χ0v) is 14.1. The van der Waals surface area contributed by atoms with Crippen molar-refractivity contribution in [2.75, 3.05) is 17.2 Å². The van der Waals surface area contributed by atoms with E-state index in [1.807, 2.05) is 44.2 Å². The van der Waals surface area contributed by atoms with Crippen molar-refractivity contribution in [1.29, 1.82) is 0 Å². The van der Waals surface area contributed by atoms with E-state index in [9.17, 15) is 4.79 Å². The fourth-order valence-corrected chi connectivity index (χ4v) is 2.22. The molecule has 0 bridgehead atoms. The molecule has 0 aliphatic rings.